The lowest BCUT2D eigenvalue weighted by Gasteiger charge is -2.09. The van der Waals surface area contributed by atoms with Gasteiger partial charge < -0.3 is 0 Å². The topological polar surface area (TPSA) is 12.9 Å². The summed E-state index contributed by atoms with van der Waals surface area (Å²) in [5.74, 6) is 0. The molecule has 0 radical (unpaired) electrons. The van der Waals surface area contributed by atoms with Crippen molar-refractivity contribution in [1.29, 1.82) is 0 Å². The van der Waals surface area contributed by atoms with Gasteiger partial charge in [0.2, 0.25) is 0 Å². The molecule has 0 spiro atoms. The second-order valence-corrected chi connectivity index (χ2v) is 7.51. The van der Waals surface area contributed by atoms with Crippen LogP contribution in [0.2, 0.25) is 0 Å². The van der Waals surface area contributed by atoms with E-state index in [0.717, 1.165) is 15.0 Å². The summed E-state index contributed by atoms with van der Waals surface area (Å²) >= 11 is 5.24. The largest absolute Gasteiger partial charge is 0.247 e. The van der Waals surface area contributed by atoms with E-state index in [1.54, 1.807) is 11.3 Å². The predicted molar refractivity (Wildman–Crippen MR) is 98.2 cm³/mol. The summed E-state index contributed by atoms with van der Waals surface area (Å²) < 4.78 is 1.12. The van der Waals surface area contributed by atoms with E-state index in [2.05, 4.69) is 76.6 Å². The Bertz CT molecular complexity index is 944. The Labute approximate surface area is 141 Å². The Kier molecular flexibility index (Phi) is 3.53. The van der Waals surface area contributed by atoms with Crippen LogP contribution < -0.4 is 0 Å². The first-order valence-electron chi connectivity index (χ1n) is 7.02. The summed E-state index contributed by atoms with van der Waals surface area (Å²) in [7, 11) is 0. The fourth-order valence-electron chi connectivity index (χ4n) is 2.61. The molecule has 3 heteroatoms. The predicted octanol–water partition coefficient (Wildman–Crippen LogP) is 6.39. The molecule has 0 amide bonds. The van der Waals surface area contributed by atoms with Gasteiger partial charge in [-0.05, 0) is 51.3 Å². The summed E-state index contributed by atoms with van der Waals surface area (Å²) in [5, 5.41) is 1.19. The van der Waals surface area contributed by atoms with Crippen molar-refractivity contribution in [3.63, 3.8) is 0 Å². The van der Waals surface area contributed by atoms with E-state index in [4.69, 9.17) is 4.98 Å². The smallest absolute Gasteiger partial charge is 0.0816 e. The third-order valence-electron chi connectivity index (χ3n) is 3.63. The van der Waals surface area contributed by atoms with Crippen molar-refractivity contribution in [2.45, 2.75) is 0 Å². The number of benzene rings is 2. The number of thiophene rings is 1. The summed E-state index contributed by atoms with van der Waals surface area (Å²) in [5.41, 5.74) is 4.50. The fourth-order valence-corrected chi connectivity index (χ4v) is 3.96. The Morgan fingerprint density at radius 1 is 0.818 bits per heavy atom. The molecule has 0 unspecified atom stereocenters. The van der Waals surface area contributed by atoms with Crippen LogP contribution in [0.5, 0.6) is 0 Å². The van der Waals surface area contributed by atoms with Gasteiger partial charge in [-0.2, -0.15) is 0 Å². The van der Waals surface area contributed by atoms with Crippen molar-refractivity contribution >= 4 is 38.2 Å². The van der Waals surface area contributed by atoms with Crippen molar-refractivity contribution in [3.8, 4) is 21.7 Å². The highest BCUT2D eigenvalue weighted by Gasteiger charge is 2.10. The van der Waals surface area contributed by atoms with Crippen LogP contribution in [-0.2, 0) is 0 Å². The lowest BCUT2D eigenvalue weighted by atomic mass is 10.00. The molecule has 0 fully saturated rings. The van der Waals surface area contributed by atoms with Gasteiger partial charge in [-0.1, -0.05) is 48.5 Å². The number of hydrogen-bond acceptors (Lipinski definition) is 2. The summed E-state index contributed by atoms with van der Waals surface area (Å²) in [6.07, 6.45) is 0. The average Bonchev–Trinajstić information content (AvgIpc) is 3.01. The fraction of sp³-hybridized carbons (Fsp3) is 0. The first-order chi connectivity index (χ1) is 10.8. The zero-order valence-electron chi connectivity index (χ0n) is 11.7. The van der Waals surface area contributed by atoms with E-state index in [1.165, 1.54) is 21.4 Å². The van der Waals surface area contributed by atoms with Crippen LogP contribution in [0.15, 0.2) is 76.6 Å². The third kappa shape index (κ3) is 2.47. The minimum atomic E-state index is 1.02. The van der Waals surface area contributed by atoms with Crippen LogP contribution in [0.25, 0.3) is 32.6 Å². The molecule has 106 valence electrons. The highest BCUT2D eigenvalue weighted by molar-refractivity contribution is 9.11. The number of fused-ring (bicyclic) bond motifs is 1. The molecule has 2 heterocycles. The van der Waals surface area contributed by atoms with Crippen LogP contribution in [0.3, 0.4) is 0 Å². The Morgan fingerprint density at radius 2 is 1.59 bits per heavy atom. The number of hydrogen-bond donors (Lipinski definition) is 0. The first-order valence-corrected chi connectivity index (χ1v) is 8.63. The van der Waals surface area contributed by atoms with Gasteiger partial charge in [-0.3, -0.25) is 0 Å². The highest BCUT2D eigenvalue weighted by atomic mass is 79.9. The van der Waals surface area contributed by atoms with Gasteiger partial charge in [0.1, 0.15) is 0 Å². The van der Waals surface area contributed by atoms with Crippen molar-refractivity contribution in [2.75, 3.05) is 0 Å². The molecule has 22 heavy (non-hydrogen) atoms. The van der Waals surface area contributed by atoms with Crippen LogP contribution >= 0.6 is 27.3 Å². The second kappa shape index (κ2) is 5.67. The normalized spacial score (nSPS) is 11.0. The van der Waals surface area contributed by atoms with Crippen LogP contribution in [0, 0.1) is 0 Å². The molecule has 2 aromatic carbocycles. The molecular formula is C19H12BrNS. The zero-order valence-corrected chi connectivity index (χ0v) is 14.1. The number of aromatic nitrogens is 1. The van der Waals surface area contributed by atoms with Gasteiger partial charge in [-0.15, -0.1) is 11.3 Å². The van der Waals surface area contributed by atoms with Gasteiger partial charge in [0.25, 0.3) is 0 Å². The second-order valence-electron chi connectivity index (χ2n) is 5.04. The molecule has 0 saturated heterocycles. The maximum absolute atomic E-state index is 4.83. The molecule has 0 aliphatic carbocycles. The molecule has 2 aromatic heterocycles. The first kappa shape index (κ1) is 13.7. The molecular weight excluding hydrogens is 354 g/mol. The SMILES string of the molecule is Brc1ccc(-c2cc(-c3ccccc3)c3ccccc3n2)s1. The van der Waals surface area contributed by atoms with Crippen LogP contribution in [0.1, 0.15) is 0 Å². The third-order valence-corrected chi connectivity index (χ3v) is 5.27. The van der Waals surface area contributed by atoms with Crippen molar-refractivity contribution in [1.82, 2.24) is 4.98 Å². The monoisotopic (exact) mass is 365 g/mol. The standard InChI is InChI=1S/C19H12BrNS/c20-19-11-10-18(22-19)17-12-15(13-6-2-1-3-7-13)14-8-4-5-9-16(14)21-17/h1-12H. The average molecular weight is 366 g/mol. The van der Waals surface area contributed by atoms with E-state index in [-0.39, 0.29) is 0 Å². The van der Waals surface area contributed by atoms with E-state index in [1.807, 2.05) is 12.1 Å². The highest BCUT2D eigenvalue weighted by Crippen LogP contribution is 2.35. The maximum Gasteiger partial charge on any atom is 0.0816 e. The quantitative estimate of drug-likeness (QED) is 0.400. The maximum atomic E-state index is 4.83. The molecule has 0 aliphatic heterocycles. The number of pyridine rings is 1. The van der Waals surface area contributed by atoms with E-state index >= 15 is 0 Å². The van der Waals surface area contributed by atoms with Gasteiger partial charge in [0.15, 0.2) is 0 Å². The van der Waals surface area contributed by atoms with Gasteiger partial charge >= 0.3 is 0 Å². The molecule has 4 rings (SSSR count). The Balaban J connectivity index is 2.01. The van der Waals surface area contributed by atoms with Gasteiger partial charge in [0, 0.05) is 5.39 Å². The van der Waals surface area contributed by atoms with E-state index < -0.39 is 0 Å². The van der Waals surface area contributed by atoms with Crippen molar-refractivity contribution in [2.24, 2.45) is 0 Å². The molecule has 0 atom stereocenters. The van der Waals surface area contributed by atoms with Crippen LogP contribution in [-0.4, -0.2) is 4.98 Å². The molecule has 0 saturated carbocycles. The van der Waals surface area contributed by atoms with E-state index in [0.29, 0.717) is 0 Å². The lowest BCUT2D eigenvalue weighted by molar-refractivity contribution is 1.42. The molecule has 4 aromatic rings. The van der Waals surface area contributed by atoms with Crippen molar-refractivity contribution in [3.05, 3.63) is 76.6 Å². The lowest BCUT2D eigenvalue weighted by Crippen LogP contribution is -1.88. The zero-order chi connectivity index (χ0) is 14.9. The molecule has 1 nitrogen and oxygen atoms in total. The number of nitrogens with zero attached hydrogens (tertiary/aromatic N) is 1. The summed E-state index contributed by atoms with van der Waals surface area (Å²) in [6, 6.07) is 25.2. The van der Waals surface area contributed by atoms with Gasteiger partial charge in [0.05, 0.1) is 19.9 Å². The number of halogens is 1. The summed E-state index contributed by atoms with van der Waals surface area (Å²) in [4.78, 5) is 6.01. The molecule has 0 aliphatic rings. The van der Waals surface area contributed by atoms with Crippen molar-refractivity contribution < 1.29 is 0 Å². The summed E-state index contributed by atoms with van der Waals surface area (Å²) in [6.45, 7) is 0. The van der Waals surface area contributed by atoms with Crippen LogP contribution in [0.4, 0.5) is 0 Å². The number of para-hydroxylation sites is 1. The van der Waals surface area contributed by atoms with E-state index in [9.17, 15) is 0 Å². The minimum absolute atomic E-state index is 1.02. The Morgan fingerprint density at radius 3 is 2.36 bits per heavy atom. The Hall–Kier alpha value is -1.97. The van der Waals surface area contributed by atoms with Gasteiger partial charge in [-0.25, -0.2) is 4.98 Å². The molecule has 0 N–H and O–H groups in total. The molecule has 0 bridgehead atoms. The number of rotatable bonds is 2. The minimum Gasteiger partial charge on any atom is -0.247 e.